The van der Waals surface area contributed by atoms with Crippen LogP contribution in [0.2, 0.25) is 0 Å². The van der Waals surface area contributed by atoms with Crippen LogP contribution < -0.4 is 20.7 Å². The number of urea groups is 1. The third-order valence-corrected chi connectivity index (χ3v) is 4.86. The first-order valence-corrected chi connectivity index (χ1v) is 9.64. The molecule has 2 aromatic rings. The highest BCUT2D eigenvalue weighted by Crippen LogP contribution is 2.31. The second kappa shape index (κ2) is 10.0. The Kier molecular flexibility index (Phi) is 7.18. The van der Waals surface area contributed by atoms with Crippen LogP contribution in [-0.2, 0) is 4.79 Å². The number of hydrogen-bond donors (Lipinski definition) is 4. The van der Waals surface area contributed by atoms with Gasteiger partial charge >= 0.3 is 12.0 Å². The summed E-state index contributed by atoms with van der Waals surface area (Å²) in [6.07, 6.45) is -0.254. The van der Waals surface area contributed by atoms with E-state index in [9.17, 15) is 22.8 Å². The number of halogens is 3. The lowest BCUT2D eigenvalue weighted by Crippen LogP contribution is -2.45. The number of aliphatic carboxylic acids is 1. The number of rotatable bonds is 7. The van der Waals surface area contributed by atoms with Crippen LogP contribution in [0, 0.1) is 17.5 Å². The predicted octanol–water partition coefficient (Wildman–Crippen LogP) is 2.86. The van der Waals surface area contributed by atoms with Crippen molar-refractivity contribution in [1.82, 2.24) is 10.6 Å². The third-order valence-electron chi connectivity index (χ3n) is 4.86. The minimum Gasteiger partial charge on any atom is -0.497 e. The zero-order chi connectivity index (χ0) is 23.3. The molecule has 0 unspecified atom stereocenters. The number of ether oxygens (including phenoxy) is 1. The van der Waals surface area contributed by atoms with E-state index in [1.54, 1.807) is 0 Å². The maximum atomic E-state index is 14.7. The lowest BCUT2D eigenvalue weighted by molar-refractivity contribution is -0.136. The lowest BCUT2D eigenvalue weighted by atomic mass is 9.92. The third kappa shape index (κ3) is 5.48. The fourth-order valence-electron chi connectivity index (χ4n) is 3.37. The quantitative estimate of drug-likeness (QED) is 0.518. The molecule has 0 radical (unpaired) electrons. The van der Waals surface area contributed by atoms with Gasteiger partial charge < -0.3 is 25.8 Å². The molecule has 1 fully saturated rings. The van der Waals surface area contributed by atoms with Crippen molar-refractivity contribution in [2.24, 2.45) is 4.99 Å². The normalized spacial score (nSPS) is 18.8. The molecule has 1 aliphatic rings. The Morgan fingerprint density at radius 1 is 1.19 bits per heavy atom. The van der Waals surface area contributed by atoms with Crippen LogP contribution in [0.4, 0.5) is 23.7 Å². The number of carbonyl (C=O) groups excluding carboxylic acids is 1. The molecule has 0 saturated carbocycles. The van der Waals surface area contributed by atoms with E-state index in [0.717, 1.165) is 24.3 Å². The molecule has 3 rings (SSSR count). The van der Waals surface area contributed by atoms with Gasteiger partial charge in [-0.1, -0.05) is 0 Å². The Bertz CT molecular complexity index is 1010. The van der Waals surface area contributed by atoms with Gasteiger partial charge in [-0.3, -0.25) is 9.79 Å². The molecule has 1 saturated heterocycles. The van der Waals surface area contributed by atoms with Crippen molar-refractivity contribution in [2.75, 3.05) is 25.5 Å². The number of hydrogen-bond acceptors (Lipinski definition) is 4. The van der Waals surface area contributed by atoms with Crippen LogP contribution in [0.15, 0.2) is 41.4 Å². The molecule has 2 amide bonds. The number of methoxy groups -OCH3 is 1. The Morgan fingerprint density at radius 2 is 1.84 bits per heavy atom. The van der Waals surface area contributed by atoms with Crippen LogP contribution in [0.1, 0.15) is 17.9 Å². The summed E-state index contributed by atoms with van der Waals surface area (Å²) < 4.78 is 47.3. The molecular formula is C21H21F3N4O4. The molecule has 2 aromatic carbocycles. The number of aliphatic imine (C=N–C) groups is 1. The Balaban J connectivity index is 1.86. The molecule has 32 heavy (non-hydrogen) atoms. The summed E-state index contributed by atoms with van der Waals surface area (Å²) in [4.78, 5) is 27.5. The minimum atomic E-state index is -1.06. The van der Waals surface area contributed by atoms with Gasteiger partial charge in [0.2, 0.25) is 0 Å². The summed E-state index contributed by atoms with van der Waals surface area (Å²) in [5.74, 6) is -3.92. The second-order valence-corrected chi connectivity index (χ2v) is 6.99. The van der Waals surface area contributed by atoms with Gasteiger partial charge in [0.15, 0.2) is 0 Å². The summed E-state index contributed by atoms with van der Waals surface area (Å²) in [6, 6.07) is 5.42. The minimum absolute atomic E-state index is 0.00335. The van der Waals surface area contributed by atoms with Crippen molar-refractivity contribution < 1.29 is 32.6 Å². The van der Waals surface area contributed by atoms with E-state index in [1.807, 2.05) is 0 Å². The maximum Gasteiger partial charge on any atom is 0.319 e. The molecule has 1 heterocycles. The summed E-state index contributed by atoms with van der Waals surface area (Å²) in [5.41, 5.74) is 0.0337. The zero-order valence-electron chi connectivity index (χ0n) is 17.0. The van der Waals surface area contributed by atoms with Crippen LogP contribution >= 0.6 is 0 Å². The van der Waals surface area contributed by atoms with Crippen molar-refractivity contribution in [3.8, 4) is 5.75 Å². The van der Waals surface area contributed by atoms with Gasteiger partial charge in [0.05, 0.1) is 26.1 Å². The smallest absolute Gasteiger partial charge is 0.319 e. The van der Waals surface area contributed by atoms with Crippen molar-refractivity contribution in [3.05, 3.63) is 59.4 Å². The zero-order valence-corrected chi connectivity index (χ0v) is 17.0. The van der Waals surface area contributed by atoms with Gasteiger partial charge in [0.1, 0.15) is 29.0 Å². The summed E-state index contributed by atoms with van der Waals surface area (Å²) in [5, 5.41) is 16.8. The van der Waals surface area contributed by atoms with Gasteiger partial charge in [-0.15, -0.1) is 0 Å². The molecule has 11 heteroatoms. The topological polar surface area (TPSA) is 112 Å². The highest BCUT2D eigenvalue weighted by atomic mass is 19.1. The summed E-state index contributed by atoms with van der Waals surface area (Å²) in [7, 11) is 1.28. The lowest BCUT2D eigenvalue weighted by Gasteiger charge is -2.22. The SMILES string of the molecule is COc1cc(F)c([C@@H]2CN/C(=N\CCC(=O)O)[C@H]2NC(=O)Nc2ccc(F)cc2)c(F)c1. The Hall–Kier alpha value is -3.76. The number of nitrogens with one attached hydrogen (secondary N) is 3. The van der Waals surface area contributed by atoms with E-state index < -0.39 is 41.4 Å². The van der Waals surface area contributed by atoms with Crippen LogP contribution in [0.3, 0.4) is 0 Å². The molecule has 0 aliphatic carbocycles. The average Bonchev–Trinajstić information content (AvgIpc) is 3.11. The summed E-state index contributed by atoms with van der Waals surface area (Å²) >= 11 is 0. The van der Waals surface area contributed by atoms with Gasteiger partial charge in [0.25, 0.3) is 0 Å². The fraction of sp³-hybridized carbons (Fsp3) is 0.286. The number of carboxylic acid groups (broad SMARTS) is 1. The second-order valence-electron chi connectivity index (χ2n) is 6.99. The van der Waals surface area contributed by atoms with E-state index in [-0.39, 0.29) is 36.7 Å². The van der Waals surface area contributed by atoms with Gasteiger partial charge in [0, 0.05) is 35.8 Å². The number of amidine groups is 1. The fourth-order valence-corrected chi connectivity index (χ4v) is 3.37. The number of nitrogens with zero attached hydrogens (tertiary/aromatic N) is 1. The van der Waals surface area contributed by atoms with Crippen molar-refractivity contribution >= 4 is 23.5 Å². The molecule has 170 valence electrons. The standard InChI is InChI=1S/C21H21F3N4O4/c1-32-13-8-15(23)18(16(24)9-13)14-10-26-20(25-7-6-17(29)30)19(14)28-21(31)27-12-4-2-11(22)3-5-12/h2-5,8-9,14,19H,6-7,10H2,1H3,(H,25,26)(H,29,30)(H2,27,28,31)/t14-,19-/m0/s1. The number of benzene rings is 2. The molecular weight excluding hydrogens is 429 g/mol. The largest absolute Gasteiger partial charge is 0.497 e. The van der Waals surface area contributed by atoms with E-state index in [0.29, 0.717) is 5.69 Å². The van der Waals surface area contributed by atoms with Crippen LogP contribution in [-0.4, -0.2) is 49.2 Å². The maximum absolute atomic E-state index is 14.7. The molecule has 2 atom stereocenters. The first-order chi connectivity index (χ1) is 15.3. The molecule has 8 nitrogen and oxygen atoms in total. The van der Waals surface area contributed by atoms with E-state index in [4.69, 9.17) is 9.84 Å². The van der Waals surface area contributed by atoms with Crippen molar-refractivity contribution in [3.63, 3.8) is 0 Å². The molecule has 4 N–H and O–H groups in total. The van der Waals surface area contributed by atoms with Crippen molar-refractivity contribution in [2.45, 2.75) is 18.4 Å². The van der Waals surface area contributed by atoms with Crippen molar-refractivity contribution in [1.29, 1.82) is 0 Å². The number of carboxylic acids is 1. The molecule has 0 aromatic heterocycles. The Morgan fingerprint density at radius 3 is 2.44 bits per heavy atom. The highest BCUT2D eigenvalue weighted by Gasteiger charge is 2.38. The molecule has 0 bridgehead atoms. The van der Waals surface area contributed by atoms with Gasteiger partial charge in [-0.2, -0.15) is 0 Å². The van der Waals surface area contributed by atoms with E-state index in [1.165, 1.54) is 19.2 Å². The van der Waals surface area contributed by atoms with Gasteiger partial charge in [-0.25, -0.2) is 18.0 Å². The number of amides is 2. The van der Waals surface area contributed by atoms with E-state index >= 15 is 0 Å². The van der Waals surface area contributed by atoms with Crippen LogP contribution in [0.5, 0.6) is 5.75 Å². The highest BCUT2D eigenvalue weighted by molar-refractivity contribution is 5.97. The average molecular weight is 450 g/mol. The van der Waals surface area contributed by atoms with Gasteiger partial charge in [-0.05, 0) is 24.3 Å². The molecule has 1 aliphatic heterocycles. The number of carbonyl (C=O) groups is 2. The van der Waals surface area contributed by atoms with Crippen LogP contribution in [0.25, 0.3) is 0 Å². The first-order valence-electron chi connectivity index (χ1n) is 9.64. The predicted molar refractivity (Wildman–Crippen MR) is 111 cm³/mol. The summed E-state index contributed by atoms with van der Waals surface area (Å²) in [6.45, 7) is -0.0384. The van der Waals surface area contributed by atoms with E-state index in [2.05, 4.69) is 20.9 Å². The number of anilines is 1. The monoisotopic (exact) mass is 450 g/mol. The first kappa shape index (κ1) is 22.9. The molecule has 0 spiro atoms. The Labute approximate surface area is 181 Å².